The maximum Gasteiger partial charge on any atom is 0.295 e. The zero-order chi connectivity index (χ0) is 23.8. The third kappa shape index (κ3) is 4.51. The summed E-state index contributed by atoms with van der Waals surface area (Å²) < 4.78 is 6.06. The molecule has 2 aromatic carbocycles. The highest BCUT2D eigenvalue weighted by atomic mass is 16.6. The molecule has 7 nitrogen and oxygen atoms in total. The Morgan fingerprint density at radius 3 is 2.60 bits per heavy atom. The molecule has 1 saturated heterocycles. The third-order valence-electron chi connectivity index (χ3n) is 8.39. The van der Waals surface area contributed by atoms with Gasteiger partial charge in [0.05, 0.1) is 11.1 Å². The summed E-state index contributed by atoms with van der Waals surface area (Å²) in [6, 6.07) is 18.8. The van der Waals surface area contributed by atoms with Crippen molar-refractivity contribution in [3.05, 3.63) is 70.9 Å². The van der Waals surface area contributed by atoms with Crippen LogP contribution in [0.25, 0.3) is 11.3 Å². The largest absolute Gasteiger partial charge is 0.424 e. The van der Waals surface area contributed by atoms with Gasteiger partial charge in [-0.3, -0.25) is 10.1 Å². The van der Waals surface area contributed by atoms with Crippen LogP contribution in [0, 0.1) is 27.9 Å². The number of rotatable bonds is 7. The van der Waals surface area contributed by atoms with Gasteiger partial charge >= 0.3 is 0 Å². The lowest BCUT2D eigenvalue weighted by molar-refractivity contribution is -0.384. The minimum atomic E-state index is -0.324. The number of aromatic nitrogens is 1. The third-order valence-corrected chi connectivity index (χ3v) is 8.39. The van der Waals surface area contributed by atoms with Crippen molar-refractivity contribution in [1.29, 1.82) is 0 Å². The van der Waals surface area contributed by atoms with Crippen LogP contribution < -0.4 is 10.2 Å². The highest BCUT2D eigenvalue weighted by Crippen LogP contribution is 2.48. The number of piperidine rings is 1. The summed E-state index contributed by atoms with van der Waals surface area (Å²) >= 11 is 0. The second-order valence-electron chi connectivity index (χ2n) is 10.5. The van der Waals surface area contributed by atoms with E-state index in [4.69, 9.17) is 4.42 Å². The monoisotopic (exact) mass is 472 g/mol. The van der Waals surface area contributed by atoms with E-state index in [-0.39, 0.29) is 10.6 Å². The molecular formula is C28H32N4O3. The van der Waals surface area contributed by atoms with Gasteiger partial charge in [0.15, 0.2) is 5.76 Å². The van der Waals surface area contributed by atoms with Gasteiger partial charge in [0.2, 0.25) is 0 Å². The van der Waals surface area contributed by atoms with Gasteiger partial charge in [-0.15, -0.1) is 0 Å². The van der Waals surface area contributed by atoms with E-state index in [0.717, 1.165) is 35.9 Å². The Kier molecular flexibility index (Phi) is 5.92. The predicted octanol–water partition coefficient (Wildman–Crippen LogP) is 6.53. The standard InChI is InChI=1S/C28H32N4O3/c33-32(34)24-12-10-23(11-13-24)31-18-19-14-22(26(31)15-19)16-21-8-4-5-9-25(21)30-28-29-17-27(35-28)20-6-2-1-3-7-20/h1-3,6-7,10-13,17,19,21-22,25-26H,4-5,8-9,14-16,18H2,(H,29,30)/t19-,21+,22-,25-,26-/m1/s1. The Balaban J connectivity index is 1.13. The highest BCUT2D eigenvalue weighted by molar-refractivity contribution is 5.57. The Labute approximate surface area is 205 Å². The lowest BCUT2D eigenvalue weighted by Gasteiger charge is -2.39. The van der Waals surface area contributed by atoms with Gasteiger partial charge < -0.3 is 14.6 Å². The molecule has 1 N–H and O–H groups in total. The summed E-state index contributed by atoms with van der Waals surface area (Å²) in [7, 11) is 0. The van der Waals surface area contributed by atoms with Gasteiger partial charge in [-0.1, -0.05) is 43.2 Å². The summed E-state index contributed by atoms with van der Waals surface area (Å²) in [6.45, 7) is 1.07. The van der Waals surface area contributed by atoms with Crippen LogP contribution in [0.2, 0.25) is 0 Å². The summed E-state index contributed by atoms with van der Waals surface area (Å²) in [5.41, 5.74) is 2.33. The smallest absolute Gasteiger partial charge is 0.295 e. The molecule has 0 unspecified atom stereocenters. The SMILES string of the molecule is O=[N+]([O-])c1ccc(N2C[C@@H]3C[C@H](C[C@@H]4CCCC[C@H]4Nc4ncc(-c5ccccc5)o4)[C@H]2C3)cc1. The number of oxazole rings is 1. The van der Waals surface area contributed by atoms with Crippen molar-refractivity contribution >= 4 is 17.4 Å². The molecule has 2 bridgehead atoms. The molecule has 0 radical (unpaired) electrons. The number of benzene rings is 2. The fourth-order valence-electron chi connectivity index (χ4n) is 6.78. The summed E-state index contributed by atoms with van der Waals surface area (Å²) in [6.07, 6.45) is 10.5. The minimum absolute atomic E-state index is 0.160. The van der Waals surface area contributed by atoms with Crippen LogP contribution in [-0.2, 0) is 0 Å². The van der Waals surface area contributed by atoms with Gasteiger partial charge in [-0.05, 0) is 62.0 Å². The van der Waals surface area contributed by atoms with Crippen LogP contribution in [0.5, 0.6) is 0 Å². The van der Waals surface area contributed by atoms with Crippen molar-refractivity contribution in [3.63, 3.8) is 0 Å². The van der Waals surface area contributed by atoms with Gasteiger partial charge in [-0.25, -0.2) is 4.98 Å². The van der Waals surface area contributed by atoms with Crippen molar-refractivity contribution in [3.8, 4) is 11.3 Å². The van der Waals surface area contributed by atoms with Crippen LogP contribution in [0.3, 0.4) is 0 Å². The molecule has 7 heteroatoms. The average molecular weight is 473 g/mol. The molecule has 3 aromatic rings. The Morgan fingerprint density at radius 2 is 1.83 bits per heavy atom. The molecular weight excluding hydrogens is 440 g/mol. The lowest BCUT2D eigenvalue weighted by Crippen LogP contribution is -2.41. The molecule has 3 fully saturated rings. The first-order valence-corrected chi connectivity index (χ1v) is 12.9. The Bertz CT molecular complexity index is 1160. The number of hydrogen-bond donors (Lipinski definition) is 1. The second-order valence-corrected chi connectivity index (χ2v) is 10.5. The molecule has 6 rings (SSSR count). The van der Waals surface area contributed by atoms with E-state index >= 15 is 0 Å². The summed E-state index contributed by atoms with van der Waals surface area (Å²) in [5.74, 6) is 2.81. The Hall–Kier alpha value is -3.35. The molecule has 1 aliphatic heterocycles. The van der Waals surface area contributed by atoms with Crippen LogP contribution >= 0.6 is 0 Å². The zero-order valence-electron chi connectivity index (χ0n) is 19.9. The van der Waals surface area contributed by atoms with E-state index in [9.17, 15) is 10.1 Å². The van der Waals surface area contributed by atoms with E-state index in [1.165, 1.54) is 38.5 Å². The van der Waals surface area contributed by atoms with Gasteiger partial charge in [0.25, 0.3) is 11.7 Å². The predicted molar refractivity (Wildman–Crippen MR) is 136 cm³/mol. The first kappa shape index (κ1) is 22.1. The number of nitro benzene ring substituents is 1. The van der Waals surface area contributed by atoms with Crippen molar-refractivity contribution in [1.82, 2.24) is 4.98 Å². The number of fused-ring (bicyclic) bond motifs is 2. The fourth-order valence-corrected chi connectivity index (χ4v) is 6.78. The van der Waals surface area contributed by atoms with E-state index in [0.29, 0.717) is 29.9 Å². The number of nitro groups is 1. The molecule has 0 spiro atoms. The highest BCUT2D eigenvalue weighted by Gasteiger charge is 2.46. The first-order chi connectivity index (χ1) is 17.1. The number of hydrogen-bond acceptors (Lipinski definition) is 6. The summed E-state index contributed by atoms with van der Waals surface area (Å²) in [4.78, 5) is 17.8. The molecule has 2 aliphatic carbocycles. The van der Waals surface area contributed by atoms with E-state index < -0.39 is 0 Å². The maximum atomic E-state index is 11.0. The van der Waals surface area contributed by atoms with Gasteiger partial charge in [0, 0.05) is 42.0 Å². The molecule has 5 atom stereocenters. The summed E-state index contributed by atoms with van der Waals surface area (Å²) in [5, 5.41) is 14.7. The fraction of sp³-hybridized carbons (Fsp3) is 0.464. The van der Waals surface area contributed by atoms with Crippen LogP contribution in [0.15, 0.2) is 65.2 Å². The Morgan fingerprint density at radius 1 is 1.03 bits per heavy atom. The normalized spacial score (nSPS) is 27.8. The minimum Gasteiger partial charge on any atom is -0.424 e. The molecule has 35 heavy (non-hydrogen) atoms. The van der Waals surface area contributed by atoms with Crippen molar-refractivity contribution in [2.75, 3.05) is 16.8 Å². The van der Waals surface area contributed by atoms with Crippen molar-refractivity contribution in [2.45, 2.75) is 57.0 Å². The van der Waals surface area contributed by atoms with Crippen LogP contribution in [0.1, 0.15) is 44.9 Å². The average Bonchev–Trinajstić information content (AvgIpc) is 3.62. The topological polar surface area (TPSA) is 84.4 Å². The first-order valence-electron chi connectivity index (χ1n) is 12.9. The lowest BCUT2D eigenvalue weighted by atomic mass is 9.77. The van der Waals surface area contributed by atoms with Crippen molar-refractivity contribution in [2.24, 2.45) is 17.8 Å². The van der Waals surface area contributed by atoms with Gasteiger partial charge in [-0.2, -0.15) is 0 Å². The second kappa shape index (κ2) is 9.36. The van der Waals surface area contributed by atoms with Crippen molar-refractivity contribution < 1.29 is 9.34 Å². The molecule has 3 aliphatic rings. The number of nitrogens with one attached hydrogen (secondary N) is 1. The van der Waals surface area contributed by atoms with Crippen LogP contribution in [0.4, 0.5) is 17.4 Å². The van der Waals surface area contributed by atoms with E-state index in [1.54, 1.807) is 12.1 Å². The molecule has 182 valence electrons. The molecule has 2 saturated carbocycles. The number of nitrogens with zero attached hydrogens (tertiary/aromatic N) is 3. The quantitative estimate of drug-likeness (QED) is 0.311. The number of non-ortho nitro benzene ring substituents is 1. The molecule has 2 heterocycles. The van der Waals surface area contributed by atoms with E-state index in [2.05, 4.69) is 15.2 Å². The van der Waals surface area contributed by atoms with Crippen LogP contribution in [-0.4, -0.2) is 28.5 Å². The van der Waals surface area contributed by atoms with Gasteiger partial charge in [0.1, 0.15) is 0 Å². The maximum absolute atomic E-state index is 11.0. The van der Waals surface area contributed by atoms with E-state index in [1.807, 2.05) is 48.7 Å². The zero-order valence-corrected chi connectivity index (χ0v) is 19.9. The number of anilines is 2. The molecule has 1 aromatic heterocycles. The molecule has 0 amide bonds.